The van der Waals surface area contributed by atoms with Gasteiger partial charge in [0.25, 0.3) is 0 Å². The third-order valence-corrected chi connectivity index (χ3v) is 7.19. The summed E-state index contributed by atoms with van der Waals surface area (Å²) in [7, 11) is 0. The monoisotopic (exact) mass is 459 g/mol. The number of carbonyl (C=O) groups is 1. The fraction of sp³-hybridized carbons (Fsp3) is 0.417. The first-order chi connectivity index (χ1) is 14.7. The zero-order valence-electron chi connectivity index (χ0n) is 17.7. The van der Waals surface area contributed by atoms with Crippen LogP contribution in [0.15, 0.2) is 47.5 Å². The molecule has 3 N–H and O–H groups in total. The molecule has 1 heterocycles. The molecule has 0 bridgehead atoms. The van der Waals surface area contributed by atoms with Crippen molar-refractivity contribution in [2.24, 2.45) is 16.6 Å². The predicted octanol–water partition coefficient (Wildman–Crippen LogP) is 4.97. The molecule has 0 saturated heterocycles. The van der Waals surface area contributed by atoms with E-state index in [2.05, 4.69) is 0 Å². The van der Waals surface area contributed by atoms with Crippen molar-refractivity contribution < 1.29 is 9.90 Å². The summed E-state index contributed by atoms with van der Waals surface area (Å²) in [6.45, 7) is 3.90. The molecular weight excluding hydrogens is 433 g/mol. The summed E-state index contributed by atoms with van der Waals surface area (Å²) in [5.74, 6) is 0.279. The number of halogens is 2. The molecule has 1 saturated carbocycles. The first-order valence-corrected chi connectivity index (χ1v) is 11.4. The molecule has 7 heteroatoms. The van der Waals surface area contributed by atoms with Crippen LogP contribution in [0.5, 0.6) is 0 Å². The van der Waals surface area contributed by atoms with Crippen LogP contribution in [-0.2, 0) is 10.3 Å². The van der Waals surface area contributed by atoms with Gasteiger partial charge in [0.2, 0.25) is 5.91 Å². The van der Waals surface area contributed by atoms with Gasteiger partial charge in [0.1, 0.15) is 0 Å². The summed E-state index contributed by atoms with van der Waals surface area (Å²) in [6.07, 6.45) is 1.95. The first kappa shape index (κ1) is 22.1. The van der Waals surface area contributed by atoms with Crippen molar-refractivity contribution in [2.45, 2.75) is 57.2 Å². The van der Waals surface area contributed by atoms with E-state index in [0.717, 1.165) is 23.1 Å². The van der Waals surface area contributed by atoms with Gasteiger partial charge in [-0.05, 0) is 55.4 Å². The van der Waals surface area contributed by atoms with Crippen LogP contribution >= 0.6 is 23.2 Å². The Labute approximate surface area is 192 Å². The third kappa shape index (κ3) is 4.19. The number of nitrogens with zero attached hydrogens (tertiary/aromatic N) is 2. The number of guanidine groups is 1. The van der Waals surface area contributed by atoms with Gasteiger partial charge >= 0.3 is 0 Å². The zero-order valence-corrected chi connectivity index (χ0v) is 19.2. The number of hydrogen-bond donors (Lipinski definition) is 2. The molecule has 1 amide bonds. The molecule has 2 aromatic carbocycles. The molecule has 1 aliphatic heterocycles. The highest BCUT2D eigenvalue weighted by molar-refractivity contribution is 6.34. The van der Waals surface area contributed by atoms with Crippen molar-refractivity contribution in [1.82, 2.24) is 4.90 Å². The summed E-state index contributed by atoms with van der Waals surface area (Å²) in [6, 6.07) is 13.2. The average molecular weight is 460 g/mol. The van der Waals surface area contributed by atoms with Gasteiger partial charge in [-0.1, -0.05) is 60.5 Å². The molecule has 31 heavy (non-hydrogen) atoms. The van der Waals surface area contributed by atoms with E-state index >= 15 is 0 Å². The fourth-order valence-corrected chi connectivity index (χ4v) is 5.44. The molecule has 1 aliphatic carbocycles. The maximum absolute atomic E-state index is 13.2. The Morgan fingerprint density at radius 2 is 1.94 bits per heavy atom. The first-order valence-electron chi connectivity index (χ1n) is 10.6. The van der Waals surface area contributed by atoms with Crippen molar-refractivity contribution in [2.75, 3.05) is 0 Å². The average Bonchev–Trinajstić information content (AvgIpc) is 2.70. The number of aliphatic imine (C=N–C) groups is 1. The van der Waals surface area contributed by atoms with Gasteiger partial charge in [0.15, 0.2) is 5.96 Å². The van der Waals surface area contributed by atoms with E-state index in [4.69, 9.17) is 33.9 Å². The van der Waals surface area contributed by atoms with Gasteiger partial charge in [-0.15, -0.1) is 0 Å². The molecule has 164 valence electrons. The fourth-order valence-electron chi connectivity index (χ4n) is 4.81. The zero-order chi connectivity index (χ0) is 22.3. The van der Waals surface area contributed by atoms with Gasteiger partial charge in [-0.2, -0.15) is 0 Å². The van der Waals surface area contributed by atoms with Crippen LogP contribution in [0.2, 0.25) is 10.0 Å². The Kier molecular flexibility index (Phi) is 6.03. The lowest BCUT2D eigenvalue weighted by Crippen LogP contribution is -2.56. The quantitative estimate of drug-likeness (QED) is 0.679. The smallest absolute Gasteiger partial charge is 0.232 e. The van der Waals surface area contributed by atoms with Crippen LogP contribution in [0, 0.1) is 5.92 Å². The van der Waals surface area contributed by atoms with Crippen molar-refractivity contribution >= 4 is 35.1 Å². The minimum Gasteiger partial charge on any atom is -0.393 e. The number of carbonyl (C=O) groups excluding carboxylic acids is 1. The summed E-state index contributed by atoms with van der Waals surface area (Å²) < 4.78 is 0. The second-order valence-corrected chi connectivity index (χ2v) is 9.69. The summed E-state index contributed by atoms with van der Waals surface area (Å²) >= 11 is 13.0. The number of aliphatic hydroxyl groups is 1. The SMILES string of the molecule is C[C@@H]1C[C@H](N2C(=O)C[C@@](C)(c3cccc(-c4cccc(Cl)c4)c3Cl)N=C2N)CC[C@H]1O. The highest BCUT2D eigenvalue weighted by Crippen LogP contribution is 2.42. The minimum absolute atomic E-state index is 0.0348. The molecule has 5 nitrogen and oxygen atoms in total. The van der Waals surface area contributed by atoms with Crippen molar-refractivity contribution in [3.8, 4) is 11.1 Å². The molecular formula is C24H27Cl2N3O2. The maximum Gasteiger partial charge on any atom is 0.232 e. The predicted molar refractivity (Wildman–Crippen MR) is 125 cm³/mol. The molecule has 0 aromatic heterocycles. The molecule has 2 aromatic rings. The molecule has 4 atom stereocenters. The third-order valence-electron chi connectivity index (χ3n) is 6.55. The number of nitrogens with two attached hydrogens (primary N) is 1. The van der Waals surface area contributed by atoms with E-state index < -0.39 is 5.54 Å². The van der Waals surface area contributed by atoms with Crippen molar-refractivity contribution in [3.63, 3.8) is 0 Å². The van der Waals surface area contributed by atoms with E-state index in [1.807, 2.05) is 56.3 Å². The van der Waals surface area contributed by atoms with Gasteiger partial charge in [0, 0.05) is 16.6 Å². The van der Waals surface area contributed by atoms with E-state index in [9.17, 15) is 9.90 Å². The number of hydrogen-bond acceptors (Lipinski definition) is 4. The second-order valence-electron chi connectivity index (χ2n) is 8.87. The Morgan fingerprint density at radius 1 is 1.19 bits per heavy atom. The molecule has 4 rings (SSSR count). The van der Waals surface area contributed by atoms with Gasteiger partial charge < -0.3 is 10.8 Å². The van der Waals surface area contributed by atoms with Crippen molar-refractivity contribution in [3.05, 3.63) is 58.1 Å². The number of amides is 1. The normalized spacial score (nSPS) is 29.1. The summed E-state index contributed by atoms with van der Waals surface area (Å²) in [5, 5.41) is 11.2. The molecule has 0 radical (unpaired) electrons. The maximum atomic E-state index is 13.2. The highest BCUT2D eigenvalue weighted by atomic mass is 35.5. The topological polar surface area (TPSA) is 78.9 Å². The van der Waals surface area contributed by atoms with Crippen LogP contribution in [0.4, 0.5) is 0 Å². The van der Waals surface area contributed by atoms with Crippen LogP contribution < -0.4 is 5.73 Å². The van der Waals surface area contributed by atoms with Crippen LogP contribution in [-0.4, -0.2) is 34.0 Å². The van der Waals surface area contributed by atoms with Crippen LogP contribution in [0.3, 0.4) is 0 Å². The van der Waals surface area contributed by atoms with Crippen LogP contribution in [0.25, 0.3) is 11.1 Å². The van der Waals surface area contributed by atoms with E-state index in [1.54, 1.807) is 4.90 Å². The van der Waals surface area contributed by atoms with E-state index in [-0.39, 0.29) is 36.4 Å². The Balaban J connectivity index is 1.69. The van der Waals surface area contributed by atoms with E-state index in [1.165, 1.54) is 0 Å². The molecule has 0 spiro atoms. The van der Waals surface area contributed by atoms with E-state index in [0.29, 0.717) is 22.9 Å². The summed E-state index contributed by atoms with van der Waals surface area (Å²) in [4.78, 5) is 19.6. The lowest BCUT2D eigenvalue weighted by Gasteiger charge is -2.42. The lowest BCUT2D eigenvalue weighted by molar-refractivity contribution is -0.132. The number of benzene rings is 2. The van der Waals surface area contributed by atoms with Gasteiger partial charge in [-0.3, -0.25) is 9.69 Å². The molecule has 0 unspecified atom stereocenters. The Hall–Kier alpha value is -2.08. The lowest BCUT2D eigenvalue weighted by atomic mass is 9.82. The Morgan fingerprint density at radius 3 is 2.61 bits per heavy atom. The largest absolute Gasteiger partial charge is 0.393 e. The van der Waals surface area contributed by atoms with Gasteiger partial charge in [0.05, 0.1) is 23.1 Å². The minimum atomic E-state index is -0.858. The van der Waals surface area contributed by atoms with Crippen molar-refractivity contribution in [1.29, 1.82) is 0 Å². The highest BCUT2D eigenvalue weighted by Gasteiger charge is 2.42. The van der Waals surface area contributed by atoms with Crippen LogP contribution in [0.1, 0.15) is 45.1 Å². The number of rotatable bonds is 3. The summed E-state index contributed by atoms with van der Waals surface area (Å²) in [5.41, 5.74) is 7.98. The standard InChI is InChI=1S/C24H27Cl2N3O2/c1-14-11-17(9-10-20(14)30)29-21(31)13-24(2,28-23(29)27)19-8-4-7-18(22(19)26)15-5-3-6-16(25)12-15/h3-8,12,14,17,20,30H,9-11,13H2,1-2H3,(H2,27,28)/t14-,17-,20-,24+/m1/s1. The number of aliphatic hydroxyl groups excluding tert-OH is 1. The second kappa shape index (κ2) is 8.45. The van der Waals surface area contributed by atoms with Gasteiger partial charge in [-0.25, -0.2) is 4.99 Å². The molecule has 2 aliphatic rings. The Bertz CT molecular complexity index is 1040. The molecule has 1 fully saturated rings.